The van der Waals surface area contributed by atoms with Crippen LogP contribution in [0.2, 0.25) is 0 Å². The van der Waals surface area contributed by atoms with Crippen LogP contribution < -0.4 is 5.69 Å². The predicted molar refractivity (Wildman–Crippen MR) is 132 cm³/mol. The van der Waals surface area contributed by atoms with Gasteiger partial charge in [-0.2, -0.15) is 8.78 Å². The minimum absolute atomic E-state index is 0.0605. The highest BCUT2D eigenvalue weighted by Gasteiger charge is 2.51. The van der Waals surface area contributed by atoms with Crippen LogP contribution in [0.3, 0.4) is 0 Å². The van der Waals surface area contributed by atoms with E-state index in [9.17, 15) is 28.0 Å². The Labute approximate surface area is 211 Å². The summed E-state index contributed by atoms with van der Waals surface area (Å²) in [6.45, 7) is -0.0605. The van der Waals surface area contributed by atoms with Crippen molar-refractivity contribution in [3.05, 3.63) is 111 Å². The fraction of sp³-hybridized carbons (Fsp3) is 0.0833. The Morgan fingerprint density at radius 2 is 1.64 bits per heavy atom. The molecular formula is C24H18BrF2N2O6P. The van der Waals surface area contributed by atoms with E-state index in [4.69, 9.17) is 9.79 Å². The van der Waals surface area contributed by atoms with Gasteiger partial charge in [0, 0.05) is 16.2 Å². The number of alkyl halides is 2. The van der Waals surface area contributed by atoms with E-state index >= 15 is 0 Å². The van der Waals surface area contributed by atoms with Crippen LogP contribution in [-0.2, 0) is 16.8 Å². The van der Waals surface area contributed by atoms with Gasteiger partial charge in [-0.25, -0.2) is 9.59 Å². The first-order chi connectivity index (χ1) is 16.9. The number of imidazole rings is 1. The minimum atomic E-state index is -5.76. The van der Waals surface area contributed by atoms with Crippen LogP contribution in [0.1, 0.15) is 21.5 Å². The third kappa shape index (κ3) is 4.83. The molecule has 1 heterocycles. The first-order valence-electron chi connectivity index (χ1n) is 10.3. The maximum atomic E-state index is 14.2. The maximum Gasteiger partial charge on any atom is 0.399 e. The first-order valence-corrected chi connectivity index (χ1v) is 12.7. The van der Waals surface area contributed by atoms with Crippen LogP contribution in [0.25, 0.3) is 16.9 Å². The lowest BCUT2D eigenvalue weighted by atomic mass is 10.1. The molecule has 3 N–H and O–H groups in total. The summed E-state index contributed by atoms with van der Waals surface area (Å²) < 4.78 is 42.3. The van der Waals surface area contributed by atoms with Crippen molar-refractivity contribution in [2.75, 3.05) is 0 Å². The van der Waals surface area contributed by atoms with Gasteiger partial charge in [-0.1, -0.05) is 58.4 Å². The largest absolute Gasteiger partial charge is 0.478 e. The van der Waals surface area contributed by atoms with Crippen LogP contribution in [0, 0.1) is 0 Å². The van der Waals surface area contributed by atoms with Crippen molar-refractivity contribution in [3.63, 3.8) is 0 Å². The van der Waals surface area contributed by atoms with Gasteiger partial charge in [-0.05, 0) is 41.5 Å². The van der Waals surface area contributed by atoms with Crippen molar-refractivity contribution < 1.29 is 33.0 Å². The second-order valence-electron chi connectivity index (χ2n) is 7.87. The van der Waals surface area contributed by atoms with Gasteiger partial charge in [0.15, 0.2) is 0 Å². The number of aromatic carboxylic acids is 1. The molecule has 0 amide bonds. The van der Waals surface area contributed by atoms with Gasteiger partial charge in [-0.3, -0.25) is 13.7 Å². The number of benzene rings is 3. The average molecular weight is 579 g/mol. The normalized spacial score (nSPS) is 12.0. The van der Waals surface area contributed by atoms with Crippen LogP contribution in [0.4, 0.5) is 8.78 Å². The predicted octanol–water partition coefficient (Wildman–Crippen LogP) is 5.04. The van der Waals surface area contributed by atoms with Crippen LogP contribution in [-0.4, -0.2) is 30.0 Å². The smallest absolute Gasteiger partial charge is 0.399 e. The van der Waals surface area contributed by atoms with Gasteiger partial charge in [0.25, 0.3) is 0 Å². The van der Waals surface area contributed by atoms with Crippen LogP contribution in [0.5, 0.6) is 0 Å². The summed E-state index contributed by atoms with van der Waals surface area (Å²) in [6, 6.07) is 18.1. The van der Waals surface area contributed by atoms with Crippen molar-refractivity contribution in [1.29, 1.82) is 0 Å². The van der Waals surface area contributed by atoms with E-state index < -0.39 is 30.5 Å². The highest BCUT2D eigenvalue weighted by atomic mass is 79.9. The molecule has 3 aromatic carbocycles. The van der Waals surface area contributed by atoms with Crippen molar-refractivity contribution in [2.45, 2.75) is 12.2 Å². The van der Waals surface area contributed by atoms with E-state index in [1.807, 2.05) is 0 Å². The van der Waals surface area contributed by atoms with Gasteiger partial charge in [-0.15, -0.1) is 0 Å². The molecule has 12 heteroatoms. The number of carbonyl (C=O) groups is 1. The number of halogens is 3. The Balaban J connectivity index is 1.81. The molecule has 0 aliphatic heterocycles. The molecule has 4 rings (SSSR count). The number of aromatic nitrogens is 2. The zero-order valence-corrected chi connectivity index (χ0v) is 20.7. The number of carboxylic acids is 1. The monoisotopic (exact) mass is 578 g/mol. The van der Waals surface area contributed by atoms with Crippen molar-refractivity contribution in [3.8, 4) is 16.9 Å². The summed E-state index contributed by atoms with van der Waals surface area (Å²) in [6.07, 6.45) is 1.60. The molecule has 0 aliphatic carbocycles. The Bertz CT molecular complexity index is 1550. The molecule has 36 heavy (non-hydrogen) atoms. The molecule has 0 bridgehead atoms. The van der Waals surface area contributed by atoms with Crippen molar-refractivity contribution in [1.82, 2.24) is 9.13 Å². The molecule has 0 aliphatic rings. The minimum Gasteiger partial charge on any atom is -0.478 e. The second kappa shape index (κ2) is 9.59. The van der Waals surface area contributed by atoms with Gasteiger partial charge >= 0.3 is 24.9 Å². The van der Waals surface area contributed by atoms with Gasteiger partial charge in [0.2, 0.25) is 0 Å². The average Bonchev–Trinajstić information content (AvgIpc) is 3.15. The second-order valence-corrected chi connectivity index (χ2v) is 10.4. The standard InChI is InChI=1S/C24H18BrF2N2O6P/c25-20-12-15(6-11-19(20)24(26,27)36(33,34)35)13-29-21(16-7-9-17(10-8-16)22(30)31)14-28(23(29)32)18-4-2-1-3-5-18/h1-12,14H,13H2,(H,30,31)(H2,33,34,35). The van der Waals surface area contributed by atoms with E-state index in [0.29, 0.717) is 22.5 Å². The van der Waals surface area contributed by atoms with Crippen LogP contribution in [0.15, 0.2) is 88.3 Å². The summed E-state index contributed by atoms with van der Waals surface area (Å²) in [7, 11) is -5.76. The Morgan fingerprint density at radius 3 is 2.19 bits per heavy atom. The highest BCUT2D eigenvalue weighted by Crippen LogP contribution is 2.60. The number of nitrogens with zero attached hydrogens (tertiary/aromatic N) is 2. The van der Waals surface area contributed by atoms with Gasteiger partial charge in [0.05, 0.1) is 23.5 Å². The lowest BCUT2D eigenvalue weighted by Crippen LogP contribution is -2.24. The molecule has 0 spiro atoms. The molecular weight excluding hydrogens is 561 g/mol. The summed E-state index contributed by atoms with van der Waals surface area (Å²) in [5.41, 5.74) is -3.64. The SMILES string of the molecule is O=C(O)c1ccc(-c2cn(-c3ccccc3)c(=O)n2Cc2ccc(C(F)(F)P(=O)(O)O)c(Br)c2)cc1. The van der Waals surface area contributed by atoms with Crippen molar-refractivity contribution >= 4 is 29.5 Å². The summed E-state index contributed by atoms with van der Waals surface area (Å²) in [5.74, 6) is -1.10. The molecule has 0 saturated carbocycles. The molecule has 0 radical (unpaired) electrons. The highest BCUT2D eigenvalue weighted by molar-refractivity contribution is 9.10. The third-order valence-corrected chi connectivity index (χ3v) is 7.13. The molecule has 0 atom stereocenters. The van der Waals surface area contributed by atoms with Crippen molar-refractivity contribution in [2.24, 2.45) is 0 Å². The molecule has 4 aromatic rings. The molecule has 0 saturated heterocycles. The van der Waals surface area contributed by atoms with Gasteiger partial charge < -0.3 is 14.9 Å². The Hall–Kier alpha value is -3.37. The zero-order chi connectivity index (χ0) is 26.3. The van der Waals surface area contributed by atoms with E-state index in [0.717, 1.165) is 6.07 Å². The Kier molecular flexibility index (Phi) is 6.85. The van der Waals surface area contributed by atoms with E-state index in [2.05, 4.69) is 15.9 Å². The zero-order valence-electron chi connectivity index (χ0n) is 18.3. The fourth-order valence-corrected chi connectivity index (χ4v) is 5.00. The maximum absolute atomic E-state index is 14.2. The summed E-state index contributed by atoms with van der Waals surface area (Å²) >= 11 is 2.96. The van der Waals surface area contributed by atoms with Crippen LogP contribution >= 0.6 is 23.5 Å². The molecule has 0 unspecified atom stereocenters. The van der Waals surface area contributed by atoms with Gasteiger partial charge in [0.1, 0.15) is 0 Å². The topological polar surface area (TPSA) is 122 Å². The summed E-state index contributed by atoms with van der Waals surface area (Å²) in [4.78, 5) is 42.7. The lowest BCUT2D eigenvalue weighted by Gasteiger charge is -2.19. The Morgan fingerprint density at radius 1 is 1.00 bits per heavy atom. The van der Waals surface area contributed by atoms with E-state index in [1.165, 1.54) is 33.4 Å². The molecule has 1 aromatic heterocycles. The number of rotatable bonds is 7. The fourth-order valence-electron chi connectivity index (χ4n) is 3.66. The quantitative estimate of drug-likeness (QED) is 0.264. The number of hydrogen-bond acceptors (Lipinski definition) is 3. The summed E-state index contributed by atoms with van der Waals surface area (Å²) in [5, 5.41) is 9.18. The third-order valence-electron chi connectivity index (χ3n) is 5.51. The number of para-hydroxylation sites is 1. The number of carboxylic acid groups (broad SMARTS) is 1. The number of hydrogen-bond donors (Lipinski definition) is 3. The molecule has 8 nitrogen and oxygen atoms in total. The molecule has 186 valence electrons. The lowest BCUT2D eigenvalue weighted by molar-refractivity contribution is 0.0557. The van der Waals surface area contributed by atoms with E-state index in [-0.39, 0.29) is 16.6 Å². The molecule has 0 fully saturated rings. The van der Waals surface area contributed by atoms with E-state index in [1.54, 1.807) is 48.7 Å². The first kappa shape index (κ1) is 25.7.